The van der Waals surface area contributed by atoms with Crippen molar-refractivity contribution in [2.24, 2.45) is 0 Å². The quantitative estimate of drug-likeness (QED) is 0.766. The van der Waals surface area contributed by atoms with E-state index < -0.39 is 0 Å². The number of aromatic nitrogens is 5. The fourth-order valence-electron chi connectivity index (χ4n) is 2.74. The first-order valence-electron chi connectivity index (χ1n) is 6.94. The van der Waals surface area contributed by atoms with Crippen LogP contribution in [0.15, 0.2) is 36.8 Å². The number of nitrogens with one attached hydrogen (secondary N) is 1. The number of nitrogens with zero attached hydrogens (tertiary/aromatic N) is 5. The molecule has 0 saturated carbocycles. The van der Waals surface area contributed by atoms with Crippen molar-refractivity contribution in [3.05, 3.63) is 48.2 Å². The minimum Gasteiger partial charge on any atom is -0.342 e. The van der Waals surface area contributed by atoms with Crippen molar-refractivity contribution in [1.82, 2.24) is 29.7 Å². The summed E-state index contributed by atoms with van der Waals surface area (Å²) in [5.74, 6) is -0.168. The van der Waals surface area contributed by atoms with E-state index in [0.29, 0.717) is 11.3 Å². The first-order valence-corrected chi connectivity index (χ1v) is 6.94. The SMILES string of the molecule is O=C(NC1CCCn2nccc21)c1ccn2nccc2n1. The van der Waals surface area contributed by atoms with Gasteiger partial charge < -0.3 is 5.32 Å². The summed E-state index contributed by atoms with van der Waals surface area (Å²) >= 11 is 0. The van der Waals surface area contributed by atoms with E-state index in [0.717, 1.165) is 25.1 Å². The summed E-state index contributed by atoms with van der Waals surface area (Å²) in [6.07, 6.45) is 7.10. The normalized spacial score (nSPS) is 17.6. The second-order valence-corrected chi connectivity index (χ2v) is 5.09. The average Bonchev–Trinajstić information content (AvgIpc) is 3.15. The molecule has 106 valence electrons. The van der Waals surface area contributed by atoms with Crippen molar-refractivity contribution >= 4 is 11.6 Å². The van der Waals surface area contributed by atoms with Crippen LogP contribution < -0.4 is 5.32 Å². The van der Waals surface area contributed by atoms with Gasteiger partial charge in [0.2, 0.25) is 0 Å². The second kappa shape index (κ2) is 4.69. The van der Waals surface area contributed by atoms with E-state index in [2.05, 4.69) is 20.5 Å². The summed E-state index contributed by atoms with van der Waals surface area (Å²) in [6.45, 7) is 0.911. The Morgan fingerprint density at radius 2 is 2.14 bits per heavy atom. The highest BCUT2D eigenvalue weighted by Gasteiger charge is 2.23. The smallest absolute Gasteiger partial charge is 0.270 e. The summed E-state index contributed by atoms with van der Waals surface area (Å²) in [4.78, 5) is 16.7. The fourth-order valence-corrected chi connectivity index (χ4v) is 2.74. The molecular formula is C14H14N6O. The van der Waals surface area contributed by atoms with Crippen LogP contribution in [-0.4, -0.2) is 30.3 Å². The summed E-state index contributed by atoms with van der Waals surface area (Å²) in [5, 5.41) is 11.4. The molecule has 1 unspecified atom stereocenters. The third kappa shape index (κ3) is 2.06. The third-order valence-corrected chi connectivity index (χ3v) is 3.77. The Bertz CT molecular complexity index is 805. The molecule has 7 nitrogen and oxygen atoms in total. The molecule has 0 aromatic carbocycles. The number of fused-ring (bicyclic) bond motifs is 2. The van der Waals surface area contributed by atoms with Gasteiger partial charge in [0, 0.05) is 25.0 Å². The van der Waals surface area contributed by atoms with Gasteiger partial charge in [-0.2, -0.15) is 10.2 Å². The van der Waals surface area contributed by atoms with Gasteiger partial charge in [0.1, 0.15) is 5.69 Å². The number of amides is 1. The first-order chi connectivity index (χ1) is 10.3. The summed E-state index contributed by atoms with van der Waals surface area (Å²) in [6, 6.07) is 5.40. The van der Waals surface area contributed by atoms with Gasteiger partial charge in [-0.05, 0) is 25.0 Å². The molecule has 0 aliphatic carbocycles. The zero-order chi connectivity index (χ0) is 14.2. The Morgan fingerprint density at radius 1 is 1.24 bits per heavy atom. The van der Waals surface area contributed by atoms with E-state index in [1.54, 1.807) is 35.2 Å². The molecule has 0 fully saturated rings. The van der Waals surface area contributed by atoms with Crippen LogP contribution >= 0.6 is 0 Å². The summed E-state index contributed by atoms with van der Waals surface area (Å²) in [7, 11) is 0. The Labute approximate surface area is 120 Å². The van der Waals surface area contributed by atoms with Gasteiger partial charge in [-0.3, -0.25) is 9.48 Å². The van der Waals surface area contributed by atoms with Crippen LogP contribution in [0.5, 0.6) is 0 Å². The van der Waals surface area contributed by atoms with Gasteiger partial charge in [0.15, 0.2) is 5.65 Å². The van der Waals surface area contributed by atoms with Crippen LogP contribution in [0.2, 0.25) is 0 Å². The van der Waals surface area contributed by atoms with Gasteiger partial charge in [-0.25, -0.2) is 9.50 Å². The zero-order valence-electron chi connectivity index (χ0n) is 11.3. The van der Waals surface area contributed by atoms with Crippen LogP contribution in [0.3, 0.4) is 0 Å². The van der Waals surface area contributed by atoms with Gasteiger partial charge in [-0.1, -0.05) is 0 Å². The molecule has 3 aromatic rings. The van der Waals surface area contributed by atoms with E-state index in [-0.39, 0.29) is 11.9 Å². The van der Waals surface area contributed by atoms with E-state index in [9.17, 15) is 4.79 Å². The molecule has 1 amide bonds. The molecule has 0 spiro atoms. The maximum atomic E-state index is 12.4. The first kappa shape index (κ1) is 12.1. The third-order valence-electron chi connectivity index (χ3n) is 3.77. The minimum atomic E-state index is -0.168. The molecule has 4 heterocycles. The lowest BCUT2D eigenvalue weighted by Crippen LogP contribution is -2.33. The highest BCUT2D eigenvalue weighted by Crippen LogP contribution is 2.24. The molecule has 7 heteroatoms. The predicted octanol–water partition coefficient (Wildman–Crippen LogP) is 1.19. The maximum Gasteiger partial charge on any atom is 0.270 e. The lowest BCUT2D eigenvalue weighted by atomic mass is 10.0. The molecule has 1 aliphatic rings. The fraction of sp³-hybridized carbons (Fsp3) is 0.286. The van der Waals surface area contributed by atoms with E-state index in [1.807, 2.05) is 10.7 Å². The van der Waals surface area contributed by atoms with Crippen molar-refractivity contribution in [2.75, 3.05) is 0 Å². The topological polar surface area (TPSA) is 77.1 Å². The van der Waals surface area contributed by atoms with Crippen molar-refractivity contribution in [1.29, 1.82) is 0 Å². The van der Waals surface area contributed by atoms with E-state index in [1.165, 1.54) is 0 Å². The number of carbonyl (C=O) groups is 1. The molecule has 3 aromatic heterocycles. The molecule has 21 heavy (non-hydrogen) atoms. The Morgan fingerprint density at radius 3 is 3.10 bits per heavy atom. The Hall–Kier alpha value is -2.70. The highest BCUT2D eigenvalue weighted by molar-refractivity contribution is 5.92. The van der Waals surface area contributed by atoms with Crippen molar-refractivity contribution < 1.29 is 4.79 Å². The van der Waals surface area contributed by atoms with E-state index >= 15 is 0 Å². The molecule has 1 atom stereocenters. The molecule has 0 bridgehead atoms. The minimum absolute atomic E-state index is 0.00307. The number of aryl methyl sites for hydroxylation is 1. The summed E-state index contributed by atoms with van der Waals surface area (Å²) in [5.41, 5.74) is 2.12. The van der Waals surface area contributed by atoms with E-state index in [4.69, 9.17) is 0 Å². The zero-order valence-corrected chi connectivity index (χ0v) is 11.3. The van der Waals surface area contributed by atoms with Gasteiger partial charge in [0.25, 0.3) is 5.91 Å². The maximum absolute atomic E-state index is 12.4. The molecule has 0 radical (unpaired) electrons. The van der Waals surface area contributed by atoms with Crippen molar-refractivity contribution in [2.45, 2.75) is 25.4 Å². The van der Waals surface area contributed by atoms with Crippen LogP contribution in [0.25, 0.3) is 5.65 Å². The van der Waals surface area contributed by atoms with Crippen LogP contribution in [0, 0.1) is 0 Å². The Kier molecular flexibility index (Phi) is 2.70. The predicted molar refractivity (Wildman–Crippen MR) is 74.7 cm³/mol. The number of carbonyl (C=O) groups excluding carboxylic acids is 1. The molecule has 1 N–H and O–H groups in total. The number of hydrogen-bond acceptors (Lipinski definition) is 4. The monoisotopic (exact) mass is 282 g/mol. The van der Waals surface area contributed by atoms with Crippen LogP contribution in [-0.2, 0) is 6.54 Å². The highest BCUT2D eigenvalue weighted by atomic mass is 16.2. The molecule has 1 aliphatic heterocycles. The molecule has 0 saturated heterocycles. The average molecular weight is 282 g/mol. The number of hydrogen-bond donors (Lipinski definition) is 1. The number of rotatable bonds is 2. The summed E-state index contributed by atoms with van der Waals surface area (Å²) < 4.78 is 3.58. The lowest BCUT2D eigenvalue weighted by Gasteiger charge is -2.24. The van der Waals surface area contributed by atoms with Crippen molar-refractivity contribution in [3.8, 4) is 0 Å². The molecule has 4 rings (SSSR count). The van der Waals surface area contributed by atoms with Gasteiger partial charge in [0.05, 0.1) is 17.9 Å². The lowest BCUT2D eigenvalue weighted by molar-refractivity contribution is 0.0923. The Balaban J connectivity index is 1.59. The second-order valence-electron chi connectivity index (χ2n) is 5.09. The largest absolute Gasteiger partial charge is 0.342 e. The molecular weight excluding hydrogens is 268 g/mol. The van der Waals surface area contributed by atoms with Gasteiger partial charge >= 0.3 is 0 Å². The standard InChI is InChI=1S/C14H14N6O/c21-14(11-5-9-20-13(17-11)4-7-16-20)18-10-2-1-8-19-12(10)3-6-15-19/h3-7,9-10H,1-2,8H2,(H,18,21). The van der Waals surface area contributed by atoms with Gasteiger partial charge in [-0.15, -0.1) is 0 Å². The van der Waals surface area contributed by atoms with Crippen LogP contribution in [0.1, 0.15) is 35.1 Å². The van der Waals surface area contributed by atoms with Crippen molar-refractivity contribution in [3.63, 3.8) is 0 Å². The van der Waals surface area contributed by atoms with Crippen LogP contribution in [0.4, 0.5) is 0 Å².